The lowest BCUT2D eigenvalue weighted by atomic mass is 9.94. The molecule has 0 aliphatic carbocycles. The first kappa shape index (κ1) is 12.8. The van der Waals surface area contributed by atoms with Gasteiger partial charge in [-0.1, -0.05) is 13.8 Å². The highest BCUT2D eigenvalue weighted by Crippen LogP contribution is 2.17. The molecule has 1 heterocycles. The topological polar surface area (TPSA) is 71.2 Å². The third-order valence-electron chi connectivity index (χ3n) is 2.28. The second kappa shape index (κ2) is 5.16. The first-order valence-corrected chi connectivity index (χ1v) is 5.57. The molecule has 90 valence electrons. The SMILES string of the molecule is CC(C)CC(C)(O)CNc1ccc(N)cn1. The molecule has 1 rings (SSSR count). The number of nitrogens with zero attached hydrogens (tertiary/aromatic N) is 1. The van der Waals surface area contributed by atoms with E-state index in [-0.39, 0.29) is 0 Å². The van der Waals surface area contributed by atoms with E-state index in [4.69, 9.17) is 5.73 Å². The number of anilines is 2. The average Bonchev–Trinajstić information content (AvgIpc) is 2.15. The van der Waals surface area contributed by atoms with E-state index in [2.05, 4.69) is 24.1 Å². The molecule has 0 aliphatic heterocycles. The average molecular weight is 223 g/mol. The molecule has 0 spiro atoms. The maximum absolute atomic E-state index is 10.1. The zero-order valence-electron chi connectivity index (χ0n) is 10.2. The predicted molar refractivity (Wildman–Crippen MR) is 67.2 cm³/mol. The maximum Gasteiger partial charge on any atom is 0.126 e. The Kier molecular flexibility index (Phi) is 4.12. The summed E-state index contributed by atoms with van der Waals surface area (Å²) in [5.41, 5.74) is 5.46. The number of aromatic nitrogens is 1. The van der Waals surface area contributed by atoms with E-state index in [0.29, 0.717) is 18.2 Å². The number of rotatable bonds is 5. The second-order valence-corrected chi connectivity index (χ2v) is 4.93. The van der Waals surface area contributed by atoms with Crippen LogP contribution in [-0.2, 0) is 0 Å². The number of nitrogen functional groups attached to an aromatic ring is 1. The highest BCUT2D eigenvalue weighted by atomic mass is 16.3. The molecule has 1 atom stereocenters. The minimum Gasteiger partial charge on any atom is -0.397 e. The summed E-state index contributed by atoms with van der Waals surface area (Å²) in [4.78, 5) is 4.11. The van der Waals surface area contributed by atoms with E-state index in [1.807, 2.05) is 6.92 Å². The van der Waals surface area contributed by atoms with Crippen LogP contribution < -0.4 is 11.1 Å². The van der Waals surface area contributed by atoms with Gasteiger partial charge in [0.05, 0.1) is 17.5 Å². The van der Waals surface area contributed by atoms with E-state index in [1.54, 1.807) is 18.3 Å². The lowest BCUT2D eigenvalue weighted by Gasteiger charge is -2.25. The predicted octanol–water partition coefficient (Wildman–Crippen LogP) is 1.87. The first-order chi connectivity index (χ1) is 7.39. The van der Waals surface area contributed by atoms with Crippen molar-refractivity contribution in [2.75, 3.05) is 17.6 Å². The Hall–Kier alpha value is -1.29. The normalized spacial score (nSPS) is 14.8. The number of nitrogens with one attached hydrogen (secondary N) is 1. The van der Waals surface area contributed by atoms with Gasteiger partial charge >= 0.3 is 0 Å². The zero-order valence-corrected chi connectivity index (χ0v) is 10.2. The molecule has 0 aromatic carbocycles. The molecule has 1 aromatic rings. The highest BCUT2D eigenvalue weighted by Gasteiger charge is 2.21. The number of pyridine rings is 1. The molecule has 0 fully saturated rings. The number of aliphatic hydroxyl groups is 1. The van der Waals surface area contributed by atoms with Crippen LogP contribution in [0.4, 0.5) is 11.5 Å². The standard InChI is InChI=1S/C12H21N3O/c1-9(2)6-12(3,16)8-15-11-5-4-10(13)7-14-11/h4-5,7,9,16H,6,8,13H2,1-3H3,(H,14,15). The molecule has 0 saturated carbocycles. The van der Waals surface area contributed by atoms with Crippen LogP contribution in [0.2, 0.25) is 0 Å². The van der Waals surface area contributed by atoms with Crippen molar-refractivity contribution in [3.63, 3.8) is 0 Å². The fraction of sp³-hybridized carbons (Fsp3) is 0.583. The smallest absolute Gasteiger partial charge is 0.126 e. The number of hydrogen-bond donors (Lipinski definition) is 3. The van der Waals surface area contributed by atoms with Crippen LogP contribution in [0.15, 0.2) is 18.3 Å². The molecule has 0 aliphatic rings. The summed E-state index contributed by atoms with van der Waals surface area (Å²) in [5.74, 6) is 1.20. The fourth-order valence-corrected chi connectivity index (χ4v) is 1.74. The quantitative estimate of drug-likeness (QED) is 0.712. The summed E-state index contributed by atoms with van der Waals surface area (Å²) in [7, 11) is 0. The van der Waals surface area contributed by atoms with Gasteiger partial charge in [-0.05, 0) is 31.4 Å². The largest absolute Gasteiger partial charge is 0.397 e. The van der Waals surface area contributed by atoms with Crippen LogP contribution in [0.1, 0.15) is 27.2 Å². The summed E-state index contributed by atoms with van der Waals surface area (Å²) in [6.07, 6.45) is 2.36. The van der Waals surface area contributed by atoms with Gasteiger partial charge in [-0.3, -0.25) is 0 Å². The van der Waals surface area contributed by atoms with E-state index >= 15 is 0 Å². The Morgan fingerprint density at radius 1 is 1.50 bits per heavy atom. The lowest BCUT2D eigenvalue weighted by Crippen LogP contribution is -2.35. The van der Waals surface area contributed by atoms with Gasteiger partial charge in [0.1, 0.15) is 5.82 Å². The van der Waals surface area contributed by atoms with Gasteiger partial charge in [-0.15, -0.1) is 0 Å². The van der Waals surface area contributed by atoms with Crippen molar-refractivity contribution in [1.29, 1.82) is 0 Å². The van der Waals surface area contributed by atoms with Gasteiger partial charge < -0.3 is 16.2 Å². The molecule has 0 amide bonds. The Morgan fingerprint density at radius 3 is 2.69 bits per heavy atom. The Bertz CT molecular complexity index is 320. The number of hydrogen-bond acceptors (Lipinski definition) is 4. The monoisotopic (exact) mass is 223 g/mol. The van der Waals surface area contributed by atoms with Gasteiger partial charge in [0.25, 0.3) is 0 Å². The fourth-order valence-electron chi connectivity index (χ4n) is 1.74. The van der Waals surface area contributed by atoms with Crippen molar-refractivity contribution in [2.24, 2.45) is 5.92 Å². The van der Waals surface area contributed by atoms with Crippen molar-refractivity contribution in [3.05, 3.63) is 18.3 Å². The van der Waals surface area contributed by atoms with Gasteiger partial charge in [-0.2, -0.15) is 0 Å². The molecule has 4 nitrogen and oxygen atoms in total. The summed E-state index contributed by atoms with van der Waals surface area (Å²) >= 11 is 0. The van der Waals surface area contributed by atoms with E-state index in [1.165, 1.54) is 0 Å². The van der Waals surface area contributed by atoms with Crippen LogP contribution in [-0.4, -0.2) is 22.2 Å². The molecule has 1 unspecified atom stereocenters. The molecule has 1 aromatic heterocycles. The summed E-state index contributed by atoms with van der Waals surface area (Å²) in [5, 5.41) is 13.2. The Balaban J connectivity index is 2.47. The van der Waals surface area contributed by atoms with Crippen molar-refractivity contribution in [3.8, 4) is 0 Å². The second-order valence-electron chi connectivity index (χ2n) is 4.93. The minimum atomic E-state index is -0.711. The van der Waals surface area contributed by atoms with Crippen LogP contribution >= 0.6 is 0 Å². The number of nitrogens with two attached hydrogens (primary N) is 1. The molecule has 0 bridgehead atoms. The van der Waals surface area contributed by atoms with Crippen LogP contribution in [0.3, 0.4) is 0 Å². The Morgan fingerprint density at radius 2 is 2.19 bits per heavy atom. The third kappa shape index (κ3) is 4.49. The van der Waals surface area contributed by atoms with Crippen molar-refractivity contribution in [2.45, 2.75) is 32.8 Å². The molecule has 0 saturated heterocycles. The van der Waals surface area contributed by atoms with Crippen molar-refractivity contribution in [1.82, 2.24) is 4.98 Å². The molecular formula is C12H21N3O. The first-order valence-electron chi connectivity index (χ1n) is 5.57. The zero-order chi connectivity index (χ0) is 12.2. The van der Waals surface area contributed by atoms with Crippen molar-refractivity contribution < 1.29 is 5.11 Å². The van der Waals surface area contributed by atoms with E-state index in [9.17, 15) is 5.11 Å². The van der Waals surface area contributed by atoms with Crippen LogP contribution in [0, 0.1) is 5.92 Å². The van der Waals surface area contributed by atoms with Gasteiger partial charge in [0, 0.05) is 6.54 Å². The van der Waals surface area contributed by atoms with Crippen molar-refractivity contribution >= 4 is 11.5 Å². The summed E-state index contributed by atoms with van der Waals surface area (Å²) in [6, 6.07) is 3.59. The summed E-state index contributed by atoms with van der Waals surface area (Å²) < 4.78 is 0. The third-order valence-corrected chi connectivity index (χ3v) is 2.28. The van der Waals surface area contributed by atoms with Gasteiger partial charge in [0.2, 0.25) is 0 Å². The molecule has 16 heavy (non-hydrogen) atoms. The molecular weight excluding hydrogens is 202 g/mol. The van der Waals surface area contributed by atoms with E-state index < -0.39 is 5.60 Å². The minimum absolute atomic E-state index is 0.469. The van der Waals surface area contributed by atoms with E-state index in [0.717, 1.165) is 12.2 Å². The van der Waals surface area contributed by atoms with Crippen LogP contribution in [0.25, 0.3) is 0 Å². The van der Waals surface area contributed by atoms with Gasteiger partial charge in [-0.25, -0.2) is 4.98 Å². The molecule has 0 radical (unpaired) electrons. The maximum atomic E-state index is 10.1. The highest BCUT2D eigenvalue weighted by molar-refractivity contribution is 5.43. The summed E-state index contributed by atoms with van der Waals surface area (Å²) in [6.45, 7) is 6.51. The molecule has 4 N–H and O–H groups in total. The lowest BCUT2D eigenvalue weighted by molar-refractivity contribution is 0.0515. The van der Waals surface area contributed by atoms with Gasteiger partial charge in [0.15, 0.2) is 0 Å². The van der Waals surface area contributed by atoms with Crippen LogP contribution in [0.5, 0.6) is 0 Å². The molecule has 4 heteroatoms. The Labute approximate surface area is 96.9 Å².